The van der Waals surface area contributed by atoms with Gasteiger partial charge >= 0.3 is 5.97 Å². The molecular weight excluding hydrogens is 226 g/mol. The van der Waals surface area contributed by atoms with Gasteiger partial charge in [-0.2, -0.15) is 0 Å². The molecule has 0 aliphatic heterocycles. The number of carboxylic acid groups (broad SMARTS) is 1. The molecule has 1 aromatic heterocycles. The molecule has 0 radical (unpaired) electrons. The van der Waals surface area contributed by atoms with Gasteiger partial charge in [0.25, 0.3) is 0 Å². The Labute approximate surface area is 107 Å². The Morgan fingerprint density at radius 1 is 1.22 bits per heavy atom. The van der Waals surface area contributed by atoms with Crippen LogP contribution in [-0.4, -0.2) is 15.6 Å². The Balaban J connectivity index is 2.69. The van der Waals surface area contributed by atoms with Gasteiger partial charge in [-0.25, -0.2) is 0 Å². The maximum absolute atomic E-state index is 10.8. The third-order valence-corrected chi connectivity index (χ3v) is 3.75. The second-order valence-corrected chi connectivity index (χ2v) is 4.94. The summed E-state index contributed by atoms with van der Waals surface area (Å²) in [4.78, 5) is 10.8. The van der Waals surface area contributed by atoms with Crippen LogP contribution in [-0.2, 0) is 18.3 Å². The minimum Gasteiger partial charge on any atom is -0.481 e. The maximum atomic E-state index is 10.8. The minimum absolute atomic E-state index is 0.188. The third-order valence-electron chi connectivity index (χ3n) is 3.75. The number of aryl methyl sites for hydroxylation is 4. The van der Waals surface area contributed by atoms with E-state index in [9.17, 15) is 4.79 Å². The highest BCUT2D eigenvalue weighted by atomic mass is 16.4. The first-order valence-corrected chi connectivity index (χ1v) is 6.19. The summed E-state index contributed by atoms with van der Waals surface area (Å²) in [5, 5.41) is 10.1. The van der Waals surface area contributed by atoms with Crippen molar-refractivity contribution in [3.05, 3.63) is 34.5 Å². The van der Waals surface area contributed by atoms with Crippen LogP contribution < -0.4 is 0 Å². The van der Waals surface area contributed by atoms with Crippen LogP contribution in [0, 0.1) is 20.8 Å². The van der Waals surface area contributed by atoms with Crippen LogP contribution in [0.2, 0.25) is 0 Å². The number of hydrogen-bond acceptors (Lipinski definition) is 1. The van der Waals surface area contributed by atoms with E-state index in [4.69, 9.17) is 5.11 Å². The lowest BCUT2D eigenvalue weighted by Gasteiger charge is -2.04. The van der Waals surface area contributed by atoms with Gasteiger partial charge in [0.05, 0.1) is 5.52 Å². The topological polar surface area (TPSA) is 42.2 Å². The number of benzene rings is 1. The highest BCUT2D eigenvalue weighted by Crippen LogP contribution is 2.31. The van der Waals surface area contributed by atoms with Gasteiger partial charge in [0, 0.05) is 24.5 Å². The number of nitrogens with zero attached hydrogens (tertiary/aromatic N) is 1. The van der Waals surface area contributed by atoms with E-state index in [0.717, 1.165) is 0 Å². The predicted octanol–water partition coefficient (Wildman–Crippen LogP) is 3.12. The first-order valence-electron chi connectivity index (χ1n) is 6.19. The number of aliphatic carboxylic acids is 1. The Morgan fingerprint density at radius 2 is 1.83 bits per heavy atom. The zero-order valence-electron chi connectivity index (χ0n) is 11.4. The largest absolute Gasteiger partial charge is 0.481 e. The lowest BCUT2D eigenvalue weighted by atomic mass is 10.0. The highest BCUT2D eigenvalue weighted by molar-refractivity contribution is 5.91. The van der Waals surface area contributed by atoms with Crippen molar-refractivity contribution >= 4 is 16.9 Å². The monoisotopic (exact) mass is 245 g/mol. The summed E-state index contributed by atoms with van der Waals surface area (Å²) in [7, 11) is 2.05. The van der Waals surface area contributed by atoms with Crippen LogP contribution in [0.15, 0.2) is 12.1 Å². The number of fused-ring (bicyclic) bond motifs is 1. The van der Waals surface area contributed by atoms with Gasteiger partial charge in [0.15, 0.2) is 0 Å². The van der Waals surface area contributed by atoms with Gasteiger partial charge in [0.1, 0.15) is 0 Å². The first-order chi connectivity index (χ1) is 8.43. The molecule has 0 atom stereocenters. The molecular formula is C15H19NO2. The SMILES string of the molecule is Cc1ccc(C)c2c1c(CCC(=O)O)c(C)n2C. The van der Waals surface area contributed by atoms with Crippen molar-refractivity contribution in [1.29, 1.82) is 0 Å². The summed E-state index contributed by atoms with van der Waals surface area (Å²) in [5.41, 5.74) is 6.04. The third kappa shape index (κ3) is 1.90. The molecule has 0 spiro atoms. The molecule has 0 unspecified atom stereocenters. The molecule has 2 aromatic rings. The van der Waals surface area contributed by atoms with Gasteiger partial charge in [-0.1, -0.05) is 12.1 Å². The van der Waals surface area contributed by atoms with Crippen molar-refractivity contribution in [2.75, 3.05) is 0 Å². The van der Waals surface area contributed by atoms with Crippen molar-refractivity contribution in [3.8, 4) is 0 Å². The van der Waals surface area contributed by atoms with Crippen LogP contribution >= 0.6 is 0 Å². The maximum Gasteiger partial charge on any atom is 0.303 e. The highest BCUT2D eigenvalue weighted by Gasteiger charge is 2.16. The van der Waals surface area contributed by atoms with Crippen LogP contribution in [0.3, 0.4) is 0 Å². The summed E-state index contributed by atoms with van der Waals surface area (Å²) in [6, 6.07) is 4.24. The number of rotatable bonds is 3. The van der Waals surface area contributed by atoms with Crippen molar-refractivity contribution in [1.82, 2.24) is 4.57 Å². The normalized spacial score (nSPS) is 11.1. The fourth-order valence-electron chi connectivity index (χ4n) is 2.70. The van der Waals surface area contributed by atoms with Gasteiger partial charge in [-0.05, 0) is 43.9 Å². The molecule has 3 nitrogen and oxygen atoms in total. The molecule has 1 heterocycles. The van der Waals surface area contributed by atoms with E-state index in [2.05, 4.69) is 37.5 Å². The zero-order valence-corrected chi connectivity index (χ0v) is 11.4. The van der Waals surface area contributed by atoms with Crippen molar-refractivity contribution < 1.29 is 9.90 Å². The Kier molecular flexibility index (Phi) is 3.16. The molecule has 96 valence electrons. The second-order valence-electron chi connectivity index (χ2n) is 4.94. The molecule has 0 bridgehead atoms. The van der Waals surface area contributed by atoms with Gasteiger partial charge in [0.2, 0.25) is 0 Å². The van der Waals surface area contributed by atoms with Gasteiger partial charge < -0.3 is 9.67 Å². The second kappa shape index (κ2) is 4.48. The van der Waals surface area contributed by atoms with E-state index in [1.54, 1.807) is 0 Å². The Bertz CT molecular complexity index is 623. The van der Waals surface area contributed by atoms with Crippen LogP contribution in [0.1, 0.15) is 28.8 Å². The minimum atomic E-state index is -0.739. The predicted molar refractivity (Wildman–Crippen MR) is 73.1 cm³/mol. The number of carboxylic acids is 1. The summed E-state index contributed by atoms with van der Waals surface area (Å²) >= 11 is 0. The van der Waals surface area contributed by atoms with Crippen molar-refractivity contribution in [3.63, 3.8) is 0 Å². The number of hydrogen-bond donors (Lipinski definition) is 1. The van der Waals surface area contributed by atoms with Crippen molar-refractivity contribution in [2.45, 2.75) is 33.6 Å². The molecule has 0 fully saturated rings. The lowest BCUT2D eigenvalue weighted by molar-refractivity contribution is -0.136. The van der Waals surface area contributed by atoms with Crippen LogP contribution in [0.25, 0.3) is 10.9 Å². The Hall–Kier alpha value is -1.77. The fraction of sp³-hybridized carbons (Fsp3) is 0.400. The van der Waals surface area contributed by atoms with Crippen LogP contribution in [0.4, 0.5) is 0 Å². The molecule has 0 aliphatic rings. The average Bonchev–Trinajstić information content (AvgIpc) is 2.56. The van der Waals surface area contributed by atoms with E-state index < -0.39 is 5.97 Å². The van der Waals surface area contributed by atoms with Crippen molar-refractivity contribution in [2.24, 2.45) is 7.05 Å². The van der Waals surface area contributed by atoms with Crippen LogP contribution in [0.5, 0.6) is 0 Å². The van der Waals surface area contributed by atoms with E-state index >= 15 is 0 Å². The van der Waals surface area contributed by atoms with Gasteiger partial charge in [-0.15, -0.1) is 0 Å². The lowest BCUT2D eigenvalue weighted by Crippen LogP contribution is -1.99. The molecule has 3 heteroatoms. The van der Waals surface area contributed by atoms with E-state index in [1.807, 2.05) is 7.05 Å². The molecule has 0 amide bonds. The Morgan fingerprint density at radius 3 is 2.44 bits per heavy atom. The number of carbonyl (C=O) groups is 1. The summed E-state index contributed by atoms with van der Waals surface area (Å²) < 4.78 is 2.18. The first kappa shape index (κ1) is 12.7. The molecule has 0 saturated heterocycles. The standard InChI is InChI=1S/C15H19NO2/c1-9-5-6-10(2)15-14(9)12(7-8-13(17)18)11(3)16(15)4/h5-6H,7-8H2,1-4H3,(H,17,18). The van der Waals surface area contributed by atoms with E-state index in [-0.39, 0.29) is 6.42 Å². The average molecular weight is 245 g/mol. The van der Waals surface area contributed by atoms with E-state index in [0.29, 0.717) is 6.42 Å². The fourth-order valence-corrected chi connectivity index (χ4v) is 2.70. The summed E-state index contributed by atoms with van der Waals surface area (Å²) in [6.07, 6.45) is 0.788. The molecule has 1 N–H and O–H groups in total. The molecule has 2 rings (SSSR count). The van der Waals surface area contributed by atoms with Gasteiger partial charge in [-0.3, -0.25) is 4.79 Å². The summed E-state index contributed by atoms with van der Waals surface area (Å²) in [6.45, 7) is 6.25. The zero-order chi connectivity index (χ0) is 13.4. The quantitative estimate of drug-likeness (QED) is 0.902. The smallest absolute Gasteiger partial charge is 0.303 e. The molecule has 0 saturated carbocycles. The number of aromatic nitrogens is 1. The molecule has 0 aliphatic carbocycles. The van der Waals surface area contributed by atoms with E-state index in [1.165, 1.54) is 33.3 Å². The molecule has 1 aromatic carbocycles. The molecule has 18 heavy (non-hydrogen) atoms. The summed E-state index contributed by atoms with van der Waals surface area (Å²) in [5.74, 6) is -0.739.